The molecule has 9 heteroatoms. The van der Waals surface area contributed by atoms with Gasteiger partial charge in [0.05, 0.1) is 24.9 Å². The molecule has 1 aromatic rings. The van der Waals surface area contributed by atoms with Gasteiger partial charge in [0, 0.05) is 25.7 Å². The van der Waals surface area contributed by atoms with Crippen molar-refractivity contribution in [2.24, 2.45) is 0 Å². The zero-order valence-electron chi connectivity index (χ0n) is 12.5. The largest absolute Gasteiger partial charge is 0.483 e. The first kappa shape index (κ1) is 18.5. The fourth-order valence-electron chi connectivity index (χ4n) is 2.13. The van der Waals surface area contributed by atoms with Crippen LogP contribution in [0.3, 0.4) is 0 Å². The summed E-state index contributed by atoms with van der Waals surface area (Å²) in [5, 5.41) is 26.0. The Morgan fingerprint density at radius 2 is 1.87 bits per heavy atom. The molecule has 1 amide bonds. The van der Waals surface area contributed by atoms with Gasteiger partial charge in [0.1, 0.15) is 5.69 Å². The number of aromatic nitrogens is 1. The molecule has 2 rings (SSSR count). The second-order valence-electron chi connectivity index (χ2n) is 4.78. The predicted octanol–water partition coefficient (Wildman–Crippen LogP) is -0.863. The van der Waals surface area contributed by atoms with E-state index in [-0.39, 0.29) is 43.1 Å². The number of amides is 1. The summed E-state index contributed by atoms with van der Waals surface area (Å²) in [6, 6.07) is 2.87. The van der Waals surface area contributed by atoms with Gasteiger partial charge in [0.2, 0.25) is 0 Å². The first-order chi connectivity index (χ1) is 10.9. The number of carboxylic acid groups (broad SMARTS) is 1. The molecule has 3 N–H and O–H groups in total. The van der Waals surface area contributed by atoms with Gasteiger partial charge in [-0.2, -0.15) is 0 Å². The first-order valence-corrected chi connectivity index (χ1v) is 6.70. The highest BCUT2D eigenvalue weighted by atomic mass is 16.5. The number of esters is 1. The van der Waals surface area contributed by atoms with Crippen molar-refractivity contribution in [2.75, 3.05) is 20.2 Å². The van der Waals surface area contributed by atoms with Gasteiger partial charge in [0.25, 0.3) is 12.4 Å². The Kier molecular flexibility index (Phi) is 7.10. The molecule has 126 valence electrons. The van der Waals surface area contributed by atoms with Gasteiger partial charge >= 0.3 is 5.97 Å². The normalized spacial score (nSPS) is 20.0. The number of nitrogens with zero attached hydrogens (tertiary/aromatic N) is 2. The lowest BCUT2D eigenvalue weighted by atomic mass is 10.1. The molecule has 9 nitrogen and oxygen atoms in total. The molecule has 2 heterocycles. The van der Waals surface area contributed by atoms with E-state index in [2.05, 4.69) is 9.72 Å². The molecule has 23 heavy (non-hydrogen) atoms. The van der Waals surface area contributed by atoms with Crippen molar-refractivity contribution in [3.63, 3.8) is 0 Å². The van der Waals surface area contributed by atoms with E-state index in [1.807, 2.05) is 0 Å². The minimum atomic E-state index is -0.739. The summed E-state index contributed by atoms with van der Waals surface area (Å²) in [4.78, 5) is 37.1. The third-order valence-corrected chi connectivity index (χ3v) is 3.10. The second-order valence-corrected chi connectivity index (χ2v) is 4.78. The first-order valence-electron chi connectivity index (χ1n) is 6.70. The van der Waals surface area contributed by atoms with E-state index in [1.54, 1.807) is 0 Å². The smallest absolute Gasteiger partial charge is 0.339 e. The number of aliphatic hydroxyl groups is 2. The summed E-state index contributed by atoms with van der Waals surface area (Å²) in [7, 11) is 1.26. The van der Waals surface area contributed by atoms with E-state index < -0.39 is 18.2 Å². The van der Waals surface area contributed by atoms with Gasteiger partial charge in [-0.3, -0.25) is 14.6 Å². The van der Waals surface area contributed by atoms with Crippen LogP contribution in [-0.2, 0) is 9.53 Å². The SMILES string of the molecule is COC(=O)c1ccc(C(=O)N2C[C@H](O)C[C@@H](O)C2)nc1.O=CO. The molecule has 0 aliphatic carbocycles. The molecule has 0 radical (unpaired) electrons. The van der Waals surface area contributed by atoms with Crippen LogP contribution in [0.25, 0.3) is 0 Å². The van der Waals surface area contributed by atoms with E-state index in [0.29, 0.717) is 0 Å². The average molecular weight is 326 g/mol. The average Bonchev–Trinajstić information content (AvgIpc) is 2.53. The summed E-state index contributed by atoms with van der Waals surface area (Å²) < 4.78 is 4.54. The summed E-state index contributed by atoms with van der Waals surface area (Å²) in [6.07, 6.45) is 0.0445. The number of carbonyl (C=O) groups excluding carboxylic acids is 2. The van der Waals surface area contributed by atoms with Crippen molar-refractivity contribution >= 4 is 18.3 Å². The van der Waals surface area contributed by atoms with Crippen LogP contribution in [-0.4, -0.2) is 76.0 Å². The number of methoxy groups -OCH3 is 1. The Balaban J connectivity index is 0.000000816. The van der Waals surface area contributed by atoms with Crippen LogP contribution in [0, 0.1) is 0 Å². The maximum atomic E-state index is 12.2. The topological polar surface area (TPSA) is 137 Å². The van der Waals surface area contributed by atoms with Gasteiger partial charge < -0.3 is 25.0 Å². The third kappa shape index (κ3) is 5.31. The third-order valence-electron chi connectivity index (χ3n) is 3.10. The van der Waals surface area contributed by atoms with Crippen LogP contribution >= 0.6 is 0 Å². The lowest BCUT2D eigenvalue weighted by molar-refractivity contribution is -0.122. The van der Waals surface area contributed by atoms with Gasteiger partial charge in [0.15, 0.2) is 0 Å². The van der Waals surface area contributed by atoms with Gasteiger partial charge in [-0.1, -0.05) is 0 Å². The Hall–Kier alpha value is -2.52. The number of hydrogen-bond acceptors (Lipinski definition) is 7. The van der Waals surface area contributed by atoms with Crippen LogP contribution in [0.5, 0.6) is 0 Å². The maximum absolute atomic E-state index is 12.2. The monoisotopic (exact) mass is 326 g/mol. The summed E-state index contributed by atoms with van der Waals surface area (Å²) >= 11 is 0. The summed E-state index contributed by atoms with van der Waals surface area (Å²) in [5.74, 6) is -0.917. The Bertz CT molecular complexity index is 537. The van der Waals surface area contributed by atoms with Crippen molar-refractivity contribution in [3.8, 4) is 0 Å². The highest BCUT2D eigenvalue weighted by Crippen LogP contribution is 2.14. The number of hydrogen-bond donors (Lipinski definition) is 3. The Labute approximate surface area is 132 Å². The lowest BCUT2D eigenvalue weighted by Crippen LogP contribution is -2.48. The standard InChI is InChI=1S/C13H16N2O5.CH2O2/c1-20-13(19)8-2-3-11(14-5-8)12(18)15-6-9(16)4-10(17)7-15;2-1-3/h2-3,5,9-10,16-17H,4,6-7H2,1H3;1H,(H,2,3)/t9-,10-;/m1./s1. The molecule has 0 bridgehead atoms. The van der Waals surface area contributed by atoms with E-state index in [9.17, 15) is 19.8 Å². The van der Waals surface area contributed by atoms with Crippen LogP contribution in [0.1, 0.15) is 27.3 Å². The van der Waals surface area contributed by atoms with E-state index in [1.165, 1.54) is 30.3 Å². The van der Waals surface area contributed by atoms with Crippen molar-refractivity contribution in [2.45, 2.75) is 18.6 Å². The number of pyridine rings is 1. The molecule has 1 aromatic heterocycles. The molecule has 0 spiro atoms. The Morgan fingerprint density at radius 3 is 2.30 bits per heavy atom. The van der Waals surface area contributed by atoms with E-state index >= 15 is 0 Å². The highest BCUT2D eigenvalue weighted by molar-refractivity contribution is 5.94. The van der Waals surface area contributed by atoms with Crippen molar-refractivity contribution < 1.29 is 34.4 Å². The molecular formula is C14H18N2O7. The minimum absolute atomic E-state index is 0.152. The quantitative estimate of drug-likeness (QED) is 0.471. The molecule has 0 saturated carbocycles. The van der Waals surface area contributed by atoms with Crippen LogP contribution in [0.15, 0.2) is 18.3 Å². The zero-order chi connectivity index (χ0) is 17.4. The van der Waals surface area contributed by atoms with Crippen molar-refractivity contribution in [3.05, 3.63) is 29.6 Å². The molecular weight excluding hydrogens is 308 g/mol. The molecule has 1 fully saturated rings. The number of rotatable bonds is 2. The van der Waals surface area contributed by atoms with Gasteiger partial charge in [-0.25, -0.2) is 4.79 Å². The number of carbonyl (C=O) groups is 3. The second kappa shape index (κ2) is 8.81. The molecule has 0 aromatic carbocycles. The van der Waals surface area contributed by atoms with Crippen molar-refractivity contribution in [1.82, 2.24) is 9.88 Å². The number of aliphatic hydroxyl groups excluding tert-OH is 2. The fraction of sp³-hybridized carbons (Fsp3) is 0.429. The predicted molar refractivity (Wildman–Crippen MR) is 76.8 cm³/mol. The van der Waals surface area contributed by atoms with Gasteiger partial charge in [-0.15, -0.1) is 0 Å². The van der Waals surface area contributed by atoms with Crippen LogP contribution in [0.4, 0.5) is 0 Å². The molecule has 2 atom stereocenters. The summed E-state index contributed by atoms with van der Waals surface area (Å²) in [6.45, 7) is 0.0760. The molecule has 1 aliphatic heterocycles. The van der Waals surface area contributed by atoms with E-state index in [0.717, 1.165) is 0 Å². The number of piperidine rings is 1. The Morgan fingerprint density at radius 1 is 1.30 bits per heavy atom. The number of ether oxygens (including phenoxy) is 1. The van der Waals surface area contributed by atoms with Crippen LogP contribution in [0.2, 0.25) is 0 Å². The highest BCUT2D eigenvalue weighted by Gasteiger charge is 2.28. The molecule has 1 aliphatic rings. The summed E-state index contributed by atoms with van der Waals surface area (Å²) in [5.41, 5.74) is 0.404. The van der Waals surface area contributed by atoms with E-state index in [4.69, 9.17) is 9.90 Å². The fourth-order valence-corrected chi connectivity index (χ4v) is 2.13. The minimum Gasteiger partial charge on any atom is -0.483 e. The number of β-amino-alcohol motifs (C(OH)–C–C–N with tert-alkyl or cyclic N) is 2. The van der Waals surface area contributed by atoms with Crippen LogP contribution < -0.4 is 0 Å². The maximum Gasteiger partial charge on any atom is 0.339 e. The van der Waals surface area contributed by atoms with Crippen molar-refractivity contribution in [1.29, 1.82) is 0 Å². The van der Waals surface area contributed by atoms with Gasteiger partial charge in [-0.05, 0) is 12.1 Å². The zero-order valence-corrected chi connectivity index (χ0v) is 12.5. The molecule has 1 saturated heterocycles. The lowest BCUT2D eigenvalue weighted by Gasteiger charge is -2.33. The number of likely N-dealkylation sites (tertiary alicyclic amines) is 1. The molecule has 0 unspecified atom stereocenters.